The van der Waals surface area contributed by atoms with Gasteiger partial charge in [-0.15, -0.1) is 0 Å². The summed E-state index contributed by atoms with van der Waals surface area (Å²) in [7, 11) is 2.32. The Morgan fingerprint density at radius 3 is 2.68 bits per heavy atom. The van der Waals surface area contributed by atoms with Gasteiger partial charge in [0.15, 0.2) is 0 Å². The highest BCUT2D eigenvalue weighted by atomic mass is 15.1. The zero-order chi connectivity index (χ0) is 13.2. The van der Waals surface area contributed by atoms with E-state index < -0.39 is 0 Å². The maximum absolute atomic E-state index is 3.54. The van der Waals surface area contributed by atoms with E-state index in [0.29, 0.717) is 5.92 Å². The molecular formula is C17H26N2. The minimum Gasteiger partial charge on any atom is -0.384 e. The molecule has 1 saturated carbocycles. The van der Waals surface area contributed by atoms with Crippen molar-refractivity contribution in [3.8, 4) is 0 Å². The Morgan fingerprint density at radius 2 is 1.89 bits per heavy atom. The number of fused-ring (bicyclic) bond motifs is 1. The smallest absolute Gasteiger partial charge is 0.0376 e. The third-order valence-corrected chi connectivity index (χ3v) is 5.06. The van der Waals surface area contributed by atoms with E-state index in [0.717, 1.165) is 18.5 Å². The lowest BCUT2D eigenvalue weighted by molar-refractivity contribution is 0.164. The van der Waals surface area contributed by atoms with E-state index in [4.69, 9.17) is 0 Å². The van der Waals surface area contributed by atoms with Gasteiger partial charge in [0.05, 0.1) is 0 Å². The van der Waals surface area contributed by atoms with Crippen LogP contribution in [0.4, 0.5) is 5.69 Å². The lowest BCUT2D eigenvalue weighted by Crippen LogP contribution is -2.37. The van der Waals surface area contributed by atoms with E-state index in [9.17, 15) is 0 Å². The molecule has 0 amide bonds. The molecule has 1 heterocycles. The van der Waals surface area contributed by atoms with Crippen LogP contribution in [0, 0.1) is 5.92 Å². The first-order chi connectivity index (χ1) is 9.24. The second-order valence-corrected chi connectivity index (χ2v) is 6.52. The van der Waals surface area contributed by atoms with Crippen LogP contribution in [0.5, 0.6) is 0 Å². The number of para-hydroxylation sites is 1. The number of hydrogen-bond donors (Lipinski definition) is 1. The molecule has 2 aliphatic rings. The number of benzene rings is 1. The summed E-state index contributed by atoms with van der Waals surface area (Å²) in [6.07, 6.45) is 5.60. The van der Waals surface area contributed by atoms with Gasteiger partial charge in [-0.2, -0.15) is 0 Å². The van der Waals surface area contributed by atoms with Gasteiger partial charge in [0.1, 0.15) is 0 Å². The second-order valence-electron chi connectivity index (χ2n) is 6.52. The summed E-state index contributed by atoms with van der Waals surface area (Å²) in [5.41, 5.74) is 2.86. The Hall–Kier alpha value is -1.02. The van der Waals surface area contributed by atoms with E-state index in [1.807, 2.05) is 0 Å². The Kier molecular flexibility index (Phi) is 3.79. The molecule has 3 rings (SSSR count). The monoisotopic (exact) mass is 258 g/mol. The molecule has 1 N–H and O–H groups in total. The van der Waals surface area contributed by atoms with Gasteiger partial charge >= 0.3 is 0 Å². The van der Waals surface area contributed by atoms with Crippen LogP contribution in [0.2, 0.25) is 0 Å². The van der Waals surface area contributed by atoms with Gasteiger partial charge in [0, 0.05) is 30.7 Å². The van der Waals surface area contributed by atoms with Crippen molar-refractivity contribution in [3.05, 3.63) is 29.8 Å². The van der Waals surface area contributed by atoms with Crippen molar-refractivity contribution in [3.63, 3.8) is 0 Å². The van der Waals surface area contributed by atoms with Crippen molar-refractivity contribution < 1.29 is 0 Å². The number of nitrogens with one attached hydrogen (secondary N) is 1. The fourth-order valence-corrected chi connectivity index (χ4v) is 3.70. The molecule has 0 spiro atoms. The van der Waals surface area contributed by atoms with Crippen molar-refractivity contribution in [2.75, 3.05) is 25.5 Å². The molecule has 1 aliphatic carbocycles. The number of hydrogen-bond acceptors (Lipinski definition) is 2. The van der Waals surface area contributed by atoms with E-state index in [2.05, 4.69) is 48.5 Å². The van der Waals surface area contributed by atoms with Gasteiger partial charge in [-0.3, -0.25) is 0 Å². The first-order valence-corrected chi connectivity index (χ1v) is 7.77. The first kappa shape index (κ1) is 13.0. The quantitative estimate of drug-likeness (QED) is 0.889. The summed E-state index contributed by atoms with van der Waals surface area (Å²) in [4.78, 5) is 2.61. The first-order valence-electron chi connectivity index (χ1n) is 7.77. The third-order valence-electron chi connectivity index (χ3n) is 5.06. The summed E-state index contributed by atoms with van der Waals surface area (Å²) in [6, 6.07) is 9.60. The summed E-state index contributed by atoms with van der Waals surface area (Å²) in [6.45, 7) is 4.70. The van der Waals surface area contributed by atoms with Gasteiger partial charge in [0.25, 0.3) is 0 Å². The zero-order valence-electron chi connectivity index (χ0n) is 12.2. The van der Waals surface area contributed by atoms with Crippen LogP contribution in [-0.2, 0) is 0 Å². The minimum absolute atomic E-state index is 0.667. The molecule has 104 valence electrons. The SMILES string of the molecule is CC1CCC(N(C)CC2CNc3ccccc32)CC1. The van der Waals surface area contributed by atoms with Crippen LogP contribution in [0.3, 0.4) is 0 Å². The van der Waals surface area contributed by atoms with Gasteiger partial charge in [-0.1, -0.05) is 25.1 Å². The molecule has 2 nitrogen and oxygen atoms in total. The minimum atomic E-state index is 0.667. The van der Waals surface area contributed by atoms with Crippen molar-refractivity contribution in [1.29, 1.82) is 0 Å². The average Bonchev–Trinajstić information content (AvgIpc) is 2.83. The Balaban J connectivity index is 1.60. The van der Waals surface area contributed by atoms with Crippen molar-refractivity contribution >= 4 is 5.69 Å². The summed E-state index contributed by atoms with van der Waals surface area (Å²) >= 11 is 0. The van der Waals surface area contributed by atoms with Crippen molar-refractivity contribution in [1.82, 2.24) is 4.90 Å². The van der Waals surface area contributed by atoms with Crippen LogP contribution in [-0.4, -0.2) is 31.1 Å². The molecule has 0 saturated heterocycles. The summed E-state index contributed by atoms with van der Waals surface area (Å²) in [5.74, 6) is 1.61. The van der Waals surface area contributed by atoms with E-state index in [1.165, 1.54) is 43.5 Å². The normalized spacial score (nSPS) is 30.2. The Bertz CT molecular complexity index is 421. The Labute approximate surface area is 117 Å². The molecule has 0 aromatic heterocycles. The predicted octanol–water partition coefficient (Wildman–Crippen LogP) is 3.71. The molecule has 0 bridgehead atoms. The van der Waals surface area contributed by atoms with E-state index in [1.54, 1.807) is 0 Å². The molecule has 19 heavy (non-hydrogen) atoms. The van der Waals surface area contributed by atoms with Crippen LogP contribution in [0.1, 0.15) is 44.1 Å². The zero-order valence-corrected chi connectivity index (χ0v) is 12.2. The predicted molar refractivity (Wildman–Crippen MR) is 81.7 cm³/mol. The second kappa shape index (κ2) is 5.54. The molecule has 1 fully saturated rings. The third kappa shape index (κ3) is 2.79. The lowest BCUT2D eigenvalue weighted by Gasteiger charge is -2.35. The number of likely N-dealkylation sites (N-methyl/N-ethyl adjacent to an activating group) is 1. The van der Waals surface area contributed by atoms with Gasteiger partial charge < -0.3 is 10.2 Å². The summed E-state index contributed by atoms with van der Waals surface area (Å²) in [5, 5.41) is 3.54. The van der Waals surface area contributed by atoms with Crippen molar-refractivity contribution in [2.24, 2.45) is 5.92 Å². The lowest BCUT2D eigenvalue weighted by atomic mass is 9.86. The van der Waals surface area contributed by atoms with E-state index in [-0.39, 0.29) is 0 Å². The van der Waals surface area contributed by atoms with Crippen LogP contribution >= 0.6 is 0 Å². The highest BCUT2D eigenvalue weighted by Crippen LogP contribution is 2.33. The van der Waals surface area contributed by atoms with Crippen LogP contribution in [0.15, 0.2) is 24.3 Å². The number of anilines is 1. The van der Waals surface area contributed by atoms with E-state index >= 15 is 0 Å². The van der Waals surface area contributed by atoms with Crippen LogP contribution < -0.4 is 5.32 Å². The molecule has 1 aromatic rings. The van der Waals surface area contributed by atoms with Crippen LogP contribution in [0.25, 0.3) is 0 Å². The number of nitrogens with zero attached hydrogens (tertiary/aromatic N) is 1. The number of rotatable bonds is 3. The maximum atomic E-state index is 3.54. The van der Waals surface area contributed by atoms with Gasteiger partial charge in [-0.25, -0.2) is 0 Å². The molecule has 1 aliphatic heterocycles. The standard InChI is InChI=1S/C17H26N2/c1-13-7-9-15(10-8-13)19(2)12-14-11-18-17-6-4-3-5-16(14)17/h3-6,13-15,18H,7-12H2,1-2H3. The summed E-state index contributed by atoms with van der Waals surface area (Å²) < 4.78 is 0. The molecule has 0 radical (unpaired) electrons. The highest BCUT2D eigenvalue weighted by molar-refractivity contribution is 5.57. The molecule has 1 unspecified atom stereocenters. The molecular weight excluding hydrogens is 232 g/mol. The van der Waals surface area contributed by atoms with Gasteiger partial charge in [-0.05, 0) is 50.3 Å². The topological polar surface area (TPSA) is 15.3 Å². The molecule has 1 aromatic carbocycles. The molecule has 2 heteroatoms. The fraction of sp³-hybridized carbons (Fsp3) is 0.647. The largest absolute Gasteiger partial charge is 0.384 e. The maximum Gasteiger partial charge on any atom is 0.0376 e. The highest BCUT2D eigenvalue weighted by Gasteiger charge is 2.27. The molecule has 1 atom stereocenters. The fourth-order valence-electron chi connectivity index (χ4n) is 3.70. The average molecular weight is 258 g/mol. The Morgan fingerprint density at radius 1 is 1.16 bits per heavy atom. The van der Waals surface area contributed by atoms with Gasteiger partial charge in [0.2, 0.25) is 0 Å². The van der Waals surface area contributed by atoms with Crippen molar-refractivity contribution in [2.45, 2.75) is 44.6 Å².